The van der Waals surface area contributed by atoms with Crippen LogP contribution in [0, 0.1) is 0 Å². The molecule has 0 saturated heterocycles. The first kappa shape index (κ1) is 16.5. The maximum absolute atomic E-state index is 12.2. The van der Waals surface area contributed by atoms with Gasteiger partial charge in [0.2, 0.25) is 16.4 Å². The summed E-state index contributed by atoms with van der Waals surface area (Å²) in [6.07, 6.45) is 0.655. The summed E-state index contributed by atoms with van der Waals surface area (Å²) in [6.45, 7) is 0.176. The summed E-state index contributed by atoms with van der Waals surface area (Å²) in [4.78, 5) is 12.2. The molecule has 2 aromatic rings. The van der Waals surface area contributed by atoms with Crippen LogP contribution in [0.25, 0.3) is 0 Å². The lowest BCUT2D eigenvalue weighted by Crippen LogP contribution is -2.23. The van der Waals surface area contributed by atoms with Crippen LogP contribution in [0.2, 0.25) is 5.02 Å². The van der Waals surface area contributed by atoms with Gasteiger partial charge >= 0.3 is 0 Å². The summed E-state index contributed by atoms with van der Waals surface area (Å²) in [6, 6.07) is 13.0. The number of hydrogen-bond acceptors (Lipinski definition) is 3. The number of rotatable bonds is 6. The predicted molar refractivity (Wildman–Crippen MR) is 86.4 cm³/mol. The summed E-state index contributed by atoms with van der Waals surface area (Å²) < 4.78 is 26.9. The minimum absolute atomic E-state index is 0.143. The highest BCUT2D eigenvalue weighted by Crippen LogP contribution is 2.16. The van der Waals surface area contributed by atoms with Gasteiger partial charge in [0.1, 0.15) is 0 Å². The second kappa shape index (κ2) is 6.91. The second-order valence-corrected chi connectivity index (χ2v) is 6.86. The monoisotopic (exact) mass is 338 g/mol. The average Bonchev–Trinajstić information content (AvgIpc) is 2.54. The van der Waals surface area contributed by atoms with Gasteiger partial charge in [-0.2, -0.15) is 0 Å². The summed E-state index contributed by atoms with van der Waals surface area (Å²) in [5, 5.41) is 0.599. The van der Waals surface area contributed by atoms with Crippen molar-refractivity contribution in [1.82, 2.24) is 4.72 Å². The van der Waals surface area contributed by atoms with Crippen LogP contribution < -0.4 is 9.62 Å². The molecule has 1 N–H and O–H groups in total. The maximum Gasteiger partial charge on any atom is 0.240 e. The van der Waals surface area contributed by atoms with E-state index in [0.29, 0.717) is 17.1 Å². The number of carbonyl (C=O) groups is 1. The third-order valence-corrected chi connectivity index (χ3v) is 4.76. The molecule has 2 aromatic carbocycles. The van der Waals surface area contributed by atoms with E-state index in [-0.39, 0.29) is 11.4 Å². The first-order valence-corrected chi connectivity index (χ1v) is 8.31. The number of nitrogens with one attached hydrogen (secondary N) is 1. The lowest BCUT2D eigenvalue weighted by molar-refractivity contribution is -0.107. The number of anilines is 1. The van der Waals surface area contributed by atoms with Gasteiger partial charge in [0.15, 0.2) is 0 Å². The fraction of sp³-hybridized carbons (Fsp3) is 0.133. The van der Waals surface area contributed by atoms with Crippen LogP contribution >= 0.6 is 11.6 Å². The quantitative estimate of drug-likeness (QED) is 0.822. The van der Waals surface area contributed by atoms with Gasteiger partial charge < -0.3 is 4.90 Å². The topological polar surface area (TPSA) is 66.5 Å². The number of halogens is 1. The molecule has 0 aliphatic rings. The van der Waals surface area contributed by atoms with Crippen molar-refractivity contribution in [3.8, 4) is 0 Å². The van der Waals surface area contributed by atoms with Gasteiger partial charge in [0.25, 0.3) is 0 Å². The predicted octanol–water partition coefficient (Wildman–Crippen LogP) is 2.41. The molecule has 7 heteroatoms. The molecule has 116 valence electrons. The van der Waals surface area contributed by atoms with Crippen molar-refractivity contribution >= 4 is 33.7 Å². The Morgan fingerprint density at radius 1 is 1.09 bits per heavy atom. The third kappa shape index (κ3) is 4.07. The van der Waals surface area contributed by atoms with E-state index in [1.54, 1.807) is 43.4 Å². The van der Waals surface area contributed by atoms with Crippen molar-refractivity contribution in [3.63, 3.8) is 0 Å². The fourth-order valence-electron chi connectivity index (χ4n) is 1.79. The smallest absolute Gasteiger partial charge is 0.240 e. The zero-order valence-corrected chi connectivity index (χ0v) is 13.4. The molecular weight excluding hydrogens is 324 g/mol. The highest BCUT2D eigenvalue weighted by Gasteiger charge is 2.14. The van der Waals surface area contributed by atoms with Crippen molar-refractivity contribution in [2.75, 3.05) is 11.9 Å². The van der Waals surface area contributed by atoms with E-state index in [0.717, 1.165) is 5.56 Å². The Morgan fingerprint density at radius 3 is 2.23 bits per heavy atom. The second-order valence-electron chi connectivity index (χ2n) is 4.66. The van der Waals surface area contributed by atoms with E-state index in [1.807, 2.05) is 0 Å². The molecule has 0 aliphatic carbocycles. The van der Waals surface area contributed by atoms with E-state index < -0.39 is 10.0 Å². The molecule has 0 radical (unpaired) electrons. The molecule has 0 saturated carbocycles. The summed E-state index contributed by atoms with van der Waals surface area (Å²) in [5.74, 6) is 0. The normalized spacial score (nSPS) is 11.2. The molecule has 22 heavy (non-hydrogen) atoms. The molecule has 2 rings (SSSR count). The highest BCUT2D eigenvalue weighted by atomic mass is 35.5. The molecule has 0 heterocycles. The van der Waals surface area contributed by atoms with Gasteiger partial charge in [-0.1, -0.05) is 23.7 Å². The molecule has 0 aromatic heterocycles. The molecule has 0 fully saturated rings. The fourth-order valence-corrected chi connectivity index (χ4v) is 2.93. The van der Waals surface area contributed by atoms with Crippen LogP contribution in [0.1, 0.15) is 5.56 Å². The van der Waals surface area contributed by atoms with Crippen molar-refractivity contribution in [1.29, 1.82) is 0 Å². The molecule has 0 spiro atoms. The highest BCUT2D eigenvalue weighted by molar-refractivity contribution is 7.89. The standard InChI is InChI=1S/C15H15ClN2O3S/c1-18(11-19)14-6-8-15(9-7-14)22(20,21)17-10-12-2-4-13(16)5-3-12/h2-9,11,17H,10H2,1H3. The number of hydrogen-bond donors (Lipinski definition) is 1. The van der Waals surface area contributed by atoms with Crippen LogP contribution in [0.4, 0.5) is 5.69 Å². The van der Waals surface area contributed by atoms with Crippen LogP contribution in [-0.2, 0) is 21.4 Å². The molecule has 0 unspecified atom stereocenters. The molecule has 0 aliphatic heterocycles. The Morgan fingerprint density at radius 2 is 1.68 bits per heavy atom. The van der Waals surface area contributed by atoms with Gasteiger partial charge in [0.05, 0.1) is 4.90 Å². The third-order valence-electron chi connectivity index (χ3n) is 3.09. The number of nitrogens with zero attached hydrogens (tertiary/aromatic N) is 1. The van der Waals surface area contributed by atoms with Gasteiger partial charge in [0, 0.05) is 24.3 Å². The summed E-state index contributed by atoms with van der Waals surface area (Å²) in [7, 11) is -2.02. The van der Waals surface area contributed by atoms with E-state index in [2.05, 4.69) is 4.72 Å². The minimum Gasteiger partial charge on any atom is -0.318 e. The molecule has 0 bridgehead atoms. The van der Waals surface area contributed by atoms with Gasteiger partial charge in [-0.15, -0.1) is 0 Å². The zero-order chi connectivity index (χ0) is 16.2. The van der Waals surface area contributed by atoms with Crippen molar-refractivity contribution in [2.24, 2.45) is 0 Å². The molecule has 0 atom stereocenters. The first-order chi connectivity index (χ1) is 10.4. The Labute approximate surface area is 134 Å². The number of carbonyl (C=O) groups excluding carboxylic acids is 1. The first-order valence-electron chi connectivity index (χ1n) is 6.45. The number of amides is 1. The Hall–Kier alpha value is -1.89. The SMILES string of the molecule is CN(C=O)c1ccc(S(=O)(=O)NCc2ccc(Cl)cc2)cc1. The van der Waals surface area contributed by atoms with Gasteiger partial charge in [-0.05, 0) is 42.0 Å². The Balaban J connectivity index is 2.09. The van der Waals surface area contributed by atoms with Crippen LogP contribution in [0.5, 0.6) is 0 Å². The molecule has 1 amide bonds. The zero-order valence-electron chi connectivity index (χ0n) is 11.9. The average molecular weight is 339 g/mol. The lowest BCUT2D eigenvalue weighted by Gasteiger charge is -2.12. The summed E-state index contributed by atoms with van der Waals surface area (Å²) >= 11 is 5.78. The number of sulfonamides is 1. The van der Waals surface area contributed by atoms with Crippen molar-refractivity contribution in [2.45, 2.75) is 11.4 Å². The van der Waals surface area contributed by atoms with Crippen LogP contribution in [0.15, 0.2) is 53.4 Å². The Kier molecular flexibility index (Phi) is 5.18. The van der Waals surface area contributed by atoms with E-state index in [9.17, 15) is 13.2 Å². The molecular formula is C15H15ClN2O3S. The van der Waals surface area contributed by atoms with E-state index in [1.165, 1.54) is 17.0 Å². The van der Waals surface area contributed by atoms with Crippen molar-refractivity contribution < 1.29 is 13.2 Å². The molecule has 5 nitrogen and oxygen atoms in total. The number of benzene rings is 2. The van der Waals surface area contributed by atoms with E-state index >= 15 is 0 Å². The minimum atomic E-state index is -3.61. The lowest BCUT2D eigenvalue weighted by atomic mass is 10.2. The summed E-state index contributed by atoms with van der Waals surface area (Å²) in [5.41, 5.74) is 1.43. The van der Waals surface area contributed by atoms with Crippen LogP contribution in [-0.4, -0.2) is 21.9 Å². The largest absolute Gasteiger partial charge is 0.318 e. The Bertz CT molecular complexity index is 743. The van der Waals surface area contributed by atoms with Crippen molar-refractivity contribution in [3.05, 3.63) is 59.1 Å². The van der Waals surface area contributed by atoms with Crippen LogP contribution in [0.3, 0.4) is 0 Å². The van der Waals surface area contributed by atoms with Gasteiger partial charge in [-0.25, -0.2) is 13.1 Å². The van der Waals surface area contributed by atoms with Gasteiger partial charge in [-0.3, -0.25) is 4.79 Å². The van der Waals surface area contributed by atoms with E-state index in [4.69, 9.17) is 11.6 Å². The maximum atomic E-state index is 12.2.